The summed E-state index contributed by atoms with van der Waals surface area (Å²) in [5.41, 5.74) is 3.12. The second-order valence-electron chi connectivity index (χ2n) is 9.23. The number of aliphatic imine (C=N–C) groups is 2. The Morgan fingerprint density at radius 2 is 2.12 bits per heavy atom. The molecule has 1 atom stereocenters. The third kappa shape index (κ3) is 7.40. The molecule has 9 heteroatoms. The van der Waals surface area contributed by atoms with Crippen LogP contribution in [0.1, 0.15) is 45.4 Å². The molecular weight excluding hydrogens is 430 g/mol. The lowest BCUT2D eigenvalue weighted by atomic mass is 10.1. The Kier molecular flexibility index (Phi) is 7.99. The minimum Gasteiger partial charge on any atom is -0.444 e. The number of anilines is 2. The van der Waals surface area contributed by atoms with Crippen molar-refractivity contribution in [3.63, 3.8) is 0 Å². The molecule has 2 aromatic rings. The summed E-state index contributed by atoms with van der Waals surface area (Å²) in [6, 6.07) is 7.82. The summed E-state index contributed by atoms with van der Waals surface area (Å²) in [5, 5.41) is 6.53. The van der Waals surface area contributed by atoms with Gasteiger partial charge in [-0.05, 0) is 77.1 Å². The monoisotopic (exact) mass is 463 g/mol. The van der Waals surface area contributed by atoms with Crippen LogP contribution in [-0.2, 0) is 4.74 Å². The lowest BCUT2D eigenvalue weighted by molar-refractivity contribution is 0.0293. The molecule has 1 amide bonds. The number of allylic oxidation sites excluding steroid dienone is 1. The Bertz CT molecular complexity index is 1090. The number of amides is 1. The minimum atomic E-state index is -0.500. The number of carbonyl (C=O) groups excluding carboxylic acids is 1. The SMILES string of the molecule is C=NC(=N/C=C(\C)c1cncc(N[C@H]2CCN(C(=O)OC(C)(C)C)C2)c1)Nc1cccc(C)n1. The molecule has 180 valence electrons. The van der Waals surface area contributed by atoms with Crippen LogP contribution in [0.4, 0.5) is 16.3 Å². The molecule has 2 aromatic heterocycles. The summed E-state index contributed by atoms with van der Waals surface area (Å²) < 4.78 is 5.48. The third-order valence-electron chi connectivity index (χ3n) is 5.06. The summed E-state index contributed by atoms with van der Waals surface area (Å²) in [4.78, 5) is 31.1. The Morgan fingerprint density at radius 3 is 2.82 bits per heavy atom. The fourth-order valence-electron chi connectivity index (χ4n) is 3.41. The van der Waals surface area contributed by atoms with Crippen LogP contribution < -0.4 is 10.6 Å². The van der Waals surface area contributed by atoms with Crippen LogP contribution in [0.5, 0.6) is 0 Å². The van der Waals surface area contributed by atoms with Gasteiger partial charge in [-0.2, -0.15) is 0 Å². The number of carbonyl (C=O) groups is 1. The zero-order valence-electron chi connectivity index (χ0n) is 20.5. The summed E-state index contributed by atoms with van der Waals surface area (Å²) in [5.74, 6) is 1.01. The number of nitrogens with one attached hydrogen (secondary N) is 2. The van der Waals surface area contributed by atoms with Crippen molar-refractivity contribution in [1.82, 2.24) is 14.9 Å². The number of aromatic nitrogens is 2. The molecule has 0 aliphatic carbocycles. The normalized spacial score (nSPS) is 16.9. The zero-order valence-corrected chi connectivity index (χ0v) is 20.5. The Labute approximate surface area is 201 Å². The molecular formula is C25H33N7O2. The van der Waals surface area contributed by atoms with Crippen molar-refractivity contribution in [2.75, 3.05) is 23.7 Å². The van der Waals surface area contributed by atoms with Gasteiger partial charge in [0.15, 0.2) is 0 Å². The van der Waals surface area contributed by atoms with Gasteiger partial charge in [0.25, 0.3) is 0 Å². The lowest BCUT2D eigenvalue weighted by Crippen LogP contribution is -2.36. The first-order valence-electron chi connectivity index (χ1n) is 11.2. The number of likely N-dealkylation sites (tertiary alicyclic amines) is 1. The van der Waals surface area contributed by atoms with Gasteiger partial charge in [0, 0.05) is 43.4 Å². The molecule has 0 spiro atoms. The van der Waals surface area contributed by atoms with Gasteiger partial charge >= 0.3 is 6.09 Å². The number of hydrogen-bond donors (Lipinski definition) is 2. The predicted molar refractivity (Wildman–Crippen MR) is 137 cm³/mol. The predicted octanol–water partition coefficient (Wildman–Crippen LogP) is 4.74. The molecule has 3 heterocycles. The molecule has 34 heavy (non-hydrogen) atoms. The van der Waals surface area contributed by atoms with Gasteiger partial charge in [-0.1, -0.05) is 6.07 Å². The van der Waals surface area contributed by atoms with Gasteiger partial charge in [-0.25, -0.2) is 19.8 Å². The van der Waals surface area contributed by atoms with Crippen LogP contribution in [0.2, 0.25) is 0 Å². The molecule has 0 unspecified atom stereocenters. The molecule has 2 N–H and O–H groups in total. The second-order valence-corrected chi connectivity index (χ2v) is 9.23. The minimum absolute atomic E-state index is 0.134. The molecule has 0 aromatic carbocycles. The van der Waals surface area contributed by atoms with Crippen LogP contribution >= 0.6 is 0 Å². The second kappa shape index (κ2) is 10.9. The molecule has 1 aliphatic heterocycles. The number of rotatable bonds is 5. The van der Waals surface area contributed by atoms with E-state index in [0.717, 1.165) is 28.9 Å². The van der Waals surface area contributed by atoms with E-state index < -0.39 is 5.60 Å². The van der Waals surface area contributed by atoms with Crippen LogP contribution in [0.3, 0.4) is 0 Å². The van der Waals surface area contributed by atoms with Crippen molar-refractivity contribution in [2.24, 2.45) is 9.98 Å². The molecule has 9 nitrogen and oxygen atoms in total. The molecule has 3 rings (SSSR count). The molecule has 1 aliphatic rings. The highest BCUT2D eigenvalue weighted by molar-refractivity contribution is 5.96. The number of ether oxygens (including phenoxy) is 1. The molecule has 1 saturated heterocycles. The number of hydrogen-bond acceptors (Lipinski definition) is 6. The number of aryl methyl sites for hydroxylation is 1. The lowest BCUT2D eigenvalue weighted by Gasteiger charge is -2.24. The first-order chi connectivity index (χ1) is 16.1. The Morgan fingerprint density at radius 1 is 1.32 bits per heavy atom. The number of guanidine groups is 1. The van der Waals surface area contributed by atoms with Crippen LogP contribution in [-0.4, -0.2) is 58.4 Å². The summed E-state index contributed by atoms with van der Waals surface area (Å²) in [6.45, 7) is 14.3. The van der Waals surface area contributed by atoms with Gasteiger partial charge < -0.3 is 20.3 Å². The van der Waals surface area contributed by atoms with E-state index in [0.29, 0.717) is 24.9 Å². The smallest absolute Gasteiger partial charge is 0.410 e. The molecule has 0 bridgehead atoms. The maximum absolute atomic E-state index is 12.3. The highest BCUT2D eigenvalue weighted by Gasteiger charge is 2.29. The molecule has 0 radical (unpaired) electrons. The van der Waals surface area contributed by atoms with Gasteiger partial charge in [0.05, 0.1) is 5.69 Å². The zero-order chi connectivity index (χ0) is 24.7. The van der Waals surface area contributed by atoms with Crippen LogP contribution in [0, 0.1) is 6.92 Å². The van der Waals surface area contributed by atoms with Crippen molar-refractivity contribution in [1.29, 1.82) is 0 Å². The van der Waals surface area contributed by atoms with E-state index >= 15 is 0 Å². The molecule has 0 saturated carbocycles. The summed E-state index contributed by atoms with van der Waals surface area (Å²) in [6.07, 6.45) is 5.84. The fraction of sp³-hybridized carbons (Fsp3) is 0.400. The average Bonchev–Trinajstić information content (AvgIpc) is 3.24. The fourth-order valence-corrected chi connectivity index (χ4v) is 3.41. The van der Waals surface area contributed by atoms with Crippen molar-refractivity contribution in [2.45, 2.75) is 52.7 Å². The van der Waals surface area contributed by atoms with Gasteiger partial charge in [0.1, 0.15) is 11.4 Å². The van der Waals surface area contributed by atoms with Gasteiger partial charge in [0.2, 0.25) is 5.96 Å². The van der Waals surface area contributed by atoms with E-state index in [1.807, 2.05) is 58.9 Å². The Balaban J connectivity index is 1.63. The largest absolute Gasteiger partial charge is 0.444 e. The van der Waals surface area contributed by atoms with E-state index in [9.17, 15) is 4.79 Å². The molecule has 1 fully saturated rings. The topological polar surface area (TPSA) is 104 Å². The first kappa shape index (κ1) is 24.9. The van der Waals surface area contributed by atoms with Crippen molar-refractivity contribution < 1.29 is 9.53 Å². The maximum Gasteiger partial charge on any atom is 0.410 e. The van der Waals surface area contributed by atoms with Gasteiger partial charge in [-0.3, -0.25) is 4.98 Å². The number of nitrogens with zero attached hydrogens (tertiary/aromatic N) is 5. The van der Waals surface area contributed by atoms with E-state index in [1.54, 1.807) is 23.5 Å². The third-order valence-corrected chi connectivity index (χ3v) is 5.06. The van der Waals surface area contributed by atoms with Crippen LogP contribution in [0.25, 0.3) is 5.57 Å². The van der Waals surface area contributed by atoms with E-state index in [2.05, 4.69) is 37.3 Å². The first-order valence-corrected chi connectivity index (χ1v) is 11.2. The highest BCUT2D eigenvalue weighted by Crippen LogP contribution is 2.21. The maximum atomic E-state index is 12.3. The van der Waals surface area contributed by atoms with E-state index in [1.165, 1.54) is 0 Å². The number of pyridine rings is 2. The summed E-state index contributed by atoms with van der Waals surface area (Å²) in [7, 11) is 0. The van der Waals surface area contributed by atoms with Gasteiger partial charge in [-0.15, -0.1) is 0 Å². The van der Waals surface area contributed by atoms with Crippen molar-refractivity contribution >= 4 is 35.8 Å². The highest BCUT2D eigenvalue weighted by atomic mass is 16.6. The van der Waals surface area contributed by atoms with Crippen LogP contribution in [0.15, 0.2) is 52.8 Å². The van der Waals surface area contributed by atoms with Crippen molar-refractivity contribution in [3.05, 3.63) is 54.1 Å². The standard InChI is InChI=1S/C25H33N7O2/c1-17(13-28-23(26-6)31-22-9-7-8-18(2)29-22)19-12-21(15-27-14-19)30-20-10-11-32(16-20)24(33)34-25(3,4)5/h7-9,12-15,20,30H,6,10-11,16H2,1-5H3,(H,28,29,31)/b17-13+/t20-/m0/s1. The summed E-state index contributed by atoms with van der Waals surface area (Å²) >= 11 is 0. The quantitative estimate of drug-likeness (QED) is 0.490. The van der Waals surface area contributed by atoms with E-state index in [-0.39, 0.29) is 12.1 Å². The van der Waals surface area contributed by atoms with Crippen molar-refractivity contribution in [3.8, 4) is 0 Å². The van der Waals surface area contributed by atoms with E-state index in [4.69, 9.17) is 4.74 Å². The Hall–Kier alpha value is -3.75. The average molecular weight is 464 g/mol.